The lowest BCUT2D eigenvalue weighted by Crippen LogP contribution is -2.20. The highest BCUT2D eigenvalue weighted by molar-refractivity contribution is 7.15. The van der Waals surface area contributed by atoms with Crippen molar-refractivity contribution in [3.63, 3.8) is 0 Å². The highest BCUT2D eigenvalue weighted by Gasteiger charge is 2.35. The Hall–Kier alpha value is -2.56. The minimum absolute atomic E-state index is 0.238. The van der Waals surface area contributed by atoms with E-state index in [0.29, 0.717) is 30.4 Å². The molecule has 7 nitrogen and oxygen atoms in total. The van der Waals surface area contributed by atoms with Crippen molar-refractivity contribution < 1.29 is 27.4 Å². The summed E-state index contributed by atoms with van der Waals surface area (Å²) in [4.78, 5) is 11.8. The molecule has 0 fully saturated rings. The van der Waals surface area contributed by atoms with Gasteiger partial charge in [-0.25, -0.2) is 4.79 Å². The zero-order chi connectivity index (χ0) is 16.4. The fourth-order valence-corrected chi connectivity index (χ4v) is 2.37. The summed E-state index contributed by atoms with van der Waals surface area (Å²) in [5, 5.41) is 9.49. The normalized spacial score (nSPS) is 13.5. The van der Waals surface area contributed by atoms with Crippen LogP contribution >= 0.6 is 11.3 Å². The number of ether oxygens (including phenoxy) is 2. The molecule has 1 aromatic carbocycles. The summed E-state index contributed by atoms with van der Waals surface area (Å²) in [5.74, 6) is 1.03. The molecular formula is C12H9F3N4O3S. The Bertz CT molecular complexity index is 735. The Balaban J connectivity index is 1.64. The van der Waals surface area contributed by atoms with Gasteiger partial charge in [0, 0.05) is 11.8 Å². The van der Waals surface area contributed by atoms with Gasteiger partial charge in [-0.05, 0) is 12.1 Å². The predicted octanol–water partition coefficient (Wildman–Crippen LogP) is 2.97. The minimum atomic E-state index is -4.59. The lowest BCUT2D eigenvalue weighted by molar-refractivity contribution is -0.138. The SMILES string of the molecule is O=C(Nc1ccc2c(c1)OCCO2)Nc1nnc(C(F)(F)F)s1. The van der Waals surface area contributed by atoms with Gasteiger partial charge in [0.05, 0.1) is 0 Å². The van der Waals surface area contributed by atoms with Gasteiger partial charge in [0.1, 0.15) is 13.2 Å². The molecule has 0 saturated carbocycles. The second kappa shape index (κ2) is 5.91. The van der Waals surface area contributed by atoms with Gasteiger partial charge in [-0.1, -0.05) is 11.3 Å². The van der Waals surface area contributed by atoms with E-state index < -0.39 is 17.2 Å². The molecule has 1 aromatic heterocycles. The molecule has 0 aliphatic carbocycles. The first-order chi connectivity index (χ1) is 10.9. The number of rotatable bonds is 2. The number of carbonyl (C=O) groups excluding carboxylic acids is 1. The van der Waals surface area contributed by atoms with E-state index in [0.717, 1.165) is 0 Å². The molecule has 23 heavy (non-hydrogen) atoms. The third kappa shape index (κ3) is 3.62. The van der Waals surface area contributed by atoms with Crippen molar-refractivity contribution in [2.45, 2.75) is 6.18 Å². The third-order valence-electron chi connectivity index (χ3n) is 2.69. The standard InChI is InChI=1S/C12H9F3N4O3S/c13-12(14,15)9-18-19-11(23-9)17-10(20)16-6-1-2-7-8(5-6)22-4-3-21-7/h1-2,5H,3-4H2,(H2,16,17,19,20). The molecule has 0 spiro atoms. The smallest absolute Gasteiger partial charge is 0.445 e. The van der Waals surface area contributed by atoms with E-state index in [1.54, 1.807) is 18.2 Å². The summed E-state index contributed by atoms with van der Waals surface area (Å²) in [6, 6.07) is 4.01. The number of hydrogen-bond acceptors (Lipinski definition) is 6. The number of carbonyl (C=O) groups is 1. The number of nitrogens with one attached hydrogen (secondary N) is 2. The molecule has 122 valence electrons. The summed E-state index contributed by atoms with van der Waals surface area (Å²) in [6.45, 7) is 0.840. The van der Waals surface area contributed by atoms with Crippen LogP contribution < -0.4 is 20.1 Å². The summed E-state index contributed by atoms with van der Waals surface area (Å²) >= 11 is 0.238. The number of urea groups is 1. The van der Waals surface area contributed by atoms with Gasteiger partial charge >= 0.3 is 12.2 Å². The van der Waals surface area contributed by atoms with Gasteiger partial charge in [-0.15, -0.1) is 10.2 Å². The number of anilines is 2. The van der Waals surface area contributed by atoms with Crippen LogP contribution in [0.2, 0.25) is 0 Å². The average molecular weight is 346 g/mol. The zero-order valence-electron chi connectivity index (χ0n) is 11.3. The largest absolute Gasteiger partial charge is 0.486 e. The maximum atomic E-state index is 12.4. The molecule has 0 saturated heterocycles. The molecule has 3 rings (SSSR count). The number of aromatic nitrogens is 2. The molecule has 0 radical (unpaired) electrons. The quantitative estimate of drug-likeness (QED) is 0.873. The van der Waals surface area contributed by atoms with Crippen LogP contribution in [-0.4, -0.2) is 29.4 Å². The van der Waals surface area contributed by atoms with Crippen LogP contribution in [0.3, 0.4) is 0 Å². The molecule has 0 atom stereocenters. The van der Waals surface area contributed by atoms with Crippen LogP contribution in [0.4, 0.5) is 28.8 Å². The predicted molar refractivity (Wildman–Crippen MR) is 75.0 cm³/mol. The molecule has 0 unspecified atom stereocenters. The maximum absolute atomic E-state index is 12.4. The first-order valence-corrected chi connectivity index (χ1v) is 7.12. The second-order valence-electron chi connectivity index (χ2n) is 4.35. The Morgan fingerprint density at radius 2 is 1.87 bits per heavy atom. The Morgan fingerprint density at radius 3 is 2.57 bits per heavy atom. The highest BCUT2D eigenvalue weighted by atomic mass is 32.1. The van der Waals surface area contributed by atoms with E-state index in [2.05, 4.69) is 20.8 Å². The fourth-order valence-electron chi connectivity index (χ4n) is 1.77. The van der Waals surface area contributed by atoms with Crippen LogP contribution in [0, 0.1) is 0 Å². The molecule has 1 aliphatic rings. The van der Waals surface area contributed by atoms with Crippen molar-refractivity contribution in [1.29, 1.82) is 0 Å². The number of halogens is 3. The van der Waals surface area contributed by atoms with Crippen molar-refractivity contribution >= 4 is 28.2 Å². The van der Waals surface area contributed by atoms with Crippen LogP contribution in [0.5, 0.6) is 11.5 Å². The number of nitrogens with zero attached hydrogens (tertiary/aromatic N) is 2. The summed E-state index contributed by atoms with van der Waals surface area (Å²) in [5.41, 5.74) is 0.396. The fraction of sp³-hybridized carbons (Fsp3) is 0.250. The maximum Gasteiger partial charge on any atom is 0.445 e. The number of alkyl halides is 3. The summed E-state index contributed by atoms with van der Waals surface area (Å²) < 4.78 is 47.9. The lowest BCUT2D eigenvalue weighted by atomic mass is 10.2. The topological polar surface area (TPSA) is 85.4 Å². The minimum Gasteiger partial charge on any atom is -0.486 e. The van der Waals surface area contributed by atoms with Crippen molar-refractivity contribution in [3.05, 3.63) is 23.2 Å². The van der Waals surface area contributed by atoms with Crippen molar-refractivity contribution in [3.8, 4) is 11.5 Å². The van der Waals surface area contributed by atoms with Gasteiger partial charge in [-0.3, -0.25) is 5.32 Å². The Morgan fingerprint density at radius 1 is 1.13 bits per heavy atom. The molecule has 2 heterocycles. The monoisotopic (exact) mass is 346 g/mol. The van der Waals surface area contributed by atoms with Crippen LogP contribution in [0.1, 0.15) is 5.01 Å². The average Bonchev–Trinajstić information content (AvgIpc) is 2.95. The zero-order valence-corrected chi connectivity index (χ0v) is 12.1. The van der Waals surface area contributed by atoms with Crippen molar-refractivity contribution in [1.82, 2.24) is 10.2 Å². The van der Waals surface area contributed by atoms with Crippen LogP contribution in [-0.2, 0) is 6.18 Å². The first kappa shape index (κ1) is 15.3. The molecule has 1 aliphatic heterocycles. The van der Waals surface area contributed by atoms with Crippen LogP contribution in [0.25, 0.3) is 0 Å². The van der Waals surface area contributed by atoms with Crippen molar-refractivity contribution in [2.24, 2.45) is 0 Å². The van der Waals surface area contributed by atoms with E-state index in [1.165, 1.54) is 0 Å². The molecule has 2 aromatic rings. The van der Waals surface area contributed by atoms with E-state index >= 15 is 0 Å². The third-order valence-corrected chi connectivity index (χ3v) is 3.57. The van der Waals surface area contributed by atoms with Gasteiger partial charge in [0.25, 0.3) is 0 Å². The molecule has 0 bridgehead atoms. The van der Waals surface area contributed by atoms with Crippen molar-refractivity contribution in [2.75, 3.05) is 23.8 Å². The van der Waals surface area contributed by atoms with Gasteiger partial charge in [0.15, 0.2) is 11.5 Å². The lowest BCUT2D eigenvalue weighted by Gasteiger charge is -2.18. The molecule has 2 amide bonds. The first-order valence-electron chi connectivity index (χ1n) is 6.30. The number of benzene rings is 1. The van der Waals surface area contributed by atoms with E-state index in [-0.39, 0.29) is 16.5 Å². The second-order valence-corrected chi connectivity index (χ2v) is 5.33. The van der Waals surface area contributed by atoms with E-state index in [9.17, 15) is 18.0 Å². The van der Waals surface area contributed by atoms with Gasteiger partial charge in [0.2, 0.25) is 10.1 Å². The highest BCUT2D eigenvalue weighted by Crippen LogP contribution is 2.34. The number of hydrogen-bond donors (Lipinski definition) is 2. The van der Waals surface area contributed by atoms with Crippen LogP contribution in [0.15, 0.2) is 18.2 Å². The van der Waals surface area contributed by atoms with E-state index in [1.807, 2.05) is 0 Å². The van der Waals surface area contributed by atoms with Gasteiger partial charge < -0.3 is 14.8 Å². The molecular weight excluding hydrogens is 337 g/mol. The van der Waals surface area contributed by atoms with Gasteiger partial charge in [-0.2, -0.15) is 13.2 Å². The Kier molecular flexibility index (Phi) is 3.94. The van der Waals surface area contributed by atoms with E-state index in [4.69, 9.17) is 9.47 Å². The Labute approximate surface area is 131 Å². The summed E-state index contributed by atoms with van der Waals surface area (Å²) in [6.07, 6.45) is -4.59. The number of fused-ring (bicyclic) bond motifs is 1. The molecule has 2 N–H and O–H groups in total. The number of amides is 2. The molecule has 11 heteroatoms. The summed E-state index contributed by atoms with van der Waals surface area (Å²) in [7, 11) is 0.